The van der Waals surface area contributed by atoms with Crippen molar-refractivity contribution < 1.29 is 14.0 Å². The van der Waals surface area contributed by atoms with E-state index in [-0.39, 0.29) is 41.1 Å². The highest BCUT2D eigenvalue weighted by atomic mass is 19.1. The first-order chi connectivity index (χ1) is 19.5. The minimum Gasteiger partial charge on any atom is -0.340 e. The van der Waals surface area contributed by atoms with E-state index in [2.05, 4.69) is 25.3 Å². The molecule has 5 heterocycles. The van der Waals surface area contributed by atoms with Crippen molar-refractivity contribution in [1.82, 2.24) is 33.6 Å². The molecule has 1 saturated carbocycles. The molecule has 3 atom stereocenters. The van der Waals surface area contributed by atoms with Gasteiger partial charge in [0.1, 0.15) is 23.3 Å². The SMILES string of the molecule is CC(=O)Cn1c(=O)c2c(ncn2[C@@H](C)C(=O)Nc2cccc(-c3cnc(N4CC5C(C4)C5(C)F)nc3)n2)n(C)c1=O. The van der Waals surface area contributed by atoms with E-state index in [1.165, 1.54) is 29.4 Å². The van der Waals surface area contributed by atoms with Crippen LogP contribution in [0.2, 0.25) is 0 Å². The van der Waals surface area contributed by atoms with Crippen molar-refractivity contribution in [2.75, 3.05) is 23.3 Å². The Morgan fingerprint density at radius 1 is 1.15 bits per heavy atom. The molecular weight excluding hydrogens is 533 g/mol. The highest BCUT2D eigenvalue weighted by Gasteiger charge is 2.67. The maximum atomic E-state index is 14.2. The van der Waals surface area contributed by atoms with Crippen LogP contribution in [-0.2, 0) is 23.2 Å². The summed E-state index contributed by atoms with van der Waals surface area (Å²) in [4.78, 5) is 70.1. The number of Topliss-reactive ketones (excluding diaryl/α,β-unsaturated/α-hetero) is 1. The summed E-state index contributed by atoms with van der Waals surface area (Å²) in [6.07, 6.45) is 4.60. The molecule has 0 spiro atoms. The van der Waals surface area contributed by atoms with Gasteiger partial charge in [-0.15, -0.1) is 0 Å². The van der Waals surface area contributed by atoms with Crippen LogP contribution in [0.3, 0.4) is 0 Å². The summed E-state index contributed by atoms with van der Waals surface area (Å²) in [7, 11) is 1.45. The van der Waals surface area contributed by atoms with Gasteiger partial charge in [0.05, 0.1) is 18.6 Å². The van der Waals surface area contributed by atoms with Gasteiger partial charge in [0, 0.05) is 49.9 Å². The molecule has 1 saturated heterocycles. The number of fused-ring (bicyclic) bond motifs is 2. The molecule has 2 aliphatic rings. The lowest BCUT2D eigenvalue weighted by atomic mass is 10.2. The first-order valence-electron chi connectivity index (χ1n) is 13.2. The van der Waals surface area contributed by atoms with Crippen LogP contribution in [-0.4, -0.2) is 64.1 Å². The second-order valence-corrected chi connectivity index (χ2v) is 10.9. The van der Waals surface area contributed by atoms with Crippen molar-refractivity contribution in [3.63, 3.8) is 0 Å². The zero-order valence-electron chi connectivity index (χ0n) is 22.9. The maximum absolute atomic E-state index is 14.2. The van der Waals surface area contributed by atoms with Crippen LogP contribution in [0.1, 0.15) is 26.8 Å². The molecule has 0 radical (unpaired) electrons. The van der Waals surface area contributed by atoms with Gasteiger partial charge in [-0.2, -0.15) is 0 Å². The zero-order chi connectivity index (χ0) is 29.2. The van der Waals surface area contributed by atoms with Gasteiger partial charge in [-0.3, -0.25) is 23.5 Å². The number of nitrogens with one attached hydrogen (secondary N) is 1. The average Bonchev–Trinajstić information content (AvgIpc) is 3.38. The van der Waals surface area contributed by atoms with Gasteiger partial charge in [-0.1, -0.05) is 6.07 Å². The third-order valence-electron chi connectivity index (χ3n) is 8.11. The monoisotopic (exact) mass is 561 g/mol. The van der Waals surface area contributed by atoms with Crippen LogP contribution in [0.25, 0.3) is 22.4 Å². The normalized spacial score (nSPS) is 22.0. The fourth-order valence-electron chi connectivity index (χ4n) is 5.57. The Labute approximate surface area is 232 Å². The van der Waals surface area contributed by atoms with Gasteiger partial charge < -0.3 is 14.8 Å². The zero-order valence-corrected chi connectivity index (χ0v) is 22.9. The van der Waals surface area contributed by atoms with Crippen LogP contribution >= 0.6 is 0 Å². The predicted octanol–water partition coefficient (Wildman–Crippen LogP) is 1.33. The Kier molecular flexibility index (Phi) is 6.08. The molecule has 0 bridgehead atoms. The third kappa shape index (κ3) is 4.39. The Morgan fingerprint density at radius 2 is 1.83 bits per heavy atom. The first kappa shape index (κ1) is 26.5. The number of halogens is 1. The molecule has 13 nitrogen and oxygen atoms in total. The number of ketones is 1. The summed E-state index contributed by atoms with van der Waals surface area (Å²) < 4.78 is 17.5. The molecule has 1 amide bonds. The average molecular weight is 562 g/mol. The number of piperidine rings is 1. The van der Waals surface area contributed by atoms with Gasteiger partial charge in [-0.05, 0) is 32.9 Å². The molecule has 1 aliphatic carbocycles. The molecule has 1 aliphatic heterocycles. The van der Waals surface area contributed by atoms with Gasteiger partial charge in [0.2, 0.25) is 11.9 Å². The minimum absolute atomic E-state index is 0.0291. The molecule has 0 aromatic carbocycles. The highest BCUT2D eigenvalue weighted by Crippen LogP contribution is 2.58. The third-order valence-corrected chi connectivity index (χ3v) is 8.11. The summed E-state index contributed by atoms with van der Waals surface area (Å²) in [6, 6.07) is 4.22. The van der Waals surface area contributed by atoms with E-state index in [0.717, 1.165) is 4.57 Å². The van der Waals surface area contributed by atoms with Crippen LogP contribution in [0.5, 0.6) is 0 Å². The number of hydrogen-bond donors (Lipinski definition) is 1. The second kappa shape index (κ2) is 9.42. The summed E-state index contributed by atoms with van der Waals surface area (Å²) in [5.74, 6) is 0.0501. The molecule has 2 unspecified atom stereocenters. The number of anilines is 2. The Morgan fingerprint density at radius 3 is 2.49 bits per heavy atom. The molecule has 4 aromatic rings. The number of alkyl halides is 1. The van der Waals surface area contributed by atoms with Crippen molar-refractivity contribution >= 4 is 34.6 Å². The number of carbonyl (C=O) groups excluding carboxylic acids is 2. The number of pyridine rings is 1. The molecule has 212 valence electrons. The van der Waals surface area contributed by atoms with E-state index in [0.29, 0.717) is 30.3 Å². The van der Waals surface area contributed by atoms with E-state index < -0.39 is 28.9 Å². The van der Waals surface area contributed by atoms with Gasteiger partial charge in [0.15, 0.2) is 11.2 Å². The smallest absolute Gasteiger partial charge is 0.332 e. The number of aryl methyl sites for hydroxylation is 1. The maximum Gasteiger partial charge on any atom is 0.332 e. The van der Waals surface area contributed by atoms with Crippen molar-refractivity contribution in [3.05, 3.63) is 57.8 Å². The quantitative estimate of drug-likeness (QED) is 0.353. The standard InChI is InChI=1S/C27H28FN9O4/c1-14(38)10-36-24(40)21-22(34(4)26(36)41)31-13-37(21)15(2)23(39)33-20-7-5-6-19(32-20)16-8-29-25(30-9-16)35-11-17-18(12-35)27(17,3)28/h5-9,13,15,17-18H,10-12H2,1-4H3,(H,32,33,39)/t15-,17?,18?,27?/m0/s1. The molecular formula is C27H28FN9O4. The van der Waals surface area contributed by atoms with E-state index >= 15 is 0 Å². The lowest BCUT2D eigenvalue weighted by Crippen LogP contribution is -2.41. The molecule has 2 fully saturated rings. The molecule has 6 rings (SSSR count). The Bertz CT molecular complexity index is 1810. The number of hydrogen-bond acceptors (Lipinski definition) is 9. The molecule has 4 aromatic heterocycles. The lowest BCUT2D eigenvalue weighted by molar-refractivity contribution is -0.119. The number of imidazole rings is 1. The van der Waals surface area contributed by atoms with Crippen LogP contribution < -0.4 is 21.5 Å². The lowest BCUT2D eigenvalue weighted by Gasteiger charge is -2.20. The Balaban J connectivity index is 1.20. The van der Waals surface area contributed by atoms with Crippen molar-refractivity contribution in [1.29, 1.82) is 0 Å². The number of aromatic nitrogens is 7. The van der Waals surface area contributed by atoms with Gasteiger partial charge in [0.25, 0.3) is 5.56 Å². The van der Waals surface area contributed by atoms with Crippen LogP contribution in [0, 0.1) is 11.8 Å². The van der Waals surface area contributed by atoms with Crippen molar-refractivity contribution in [2.24, 2.45) is 18.9 Å². The van der Waals surface area contributed by atoms with E-state index in [1.54, 1.807) is 44.4 Å². The summed E-state index contributed by atoms with van der Waals surface area (Å²) in [5.41, 5.74) is -1.14. The summed E-state index contributed by atoms with van der Waals surface area (Å²) in [6.45, 7) is 5.33. The van der Waals surface area contributed by atoms with E-state index in [1.807, 2.05) is 4.90 Å². The number of carbonyl (C=O) groups is 2. The first-order valence-corrected chi connectivity index (χ1v) is 13.2. The molecule has 14 heteroatoms. The van der Waals surface area contributed by atoms with Crippen molar-refractivity contribution in [2.45, 2.75) is 39.0 Å². The predicted molar refractivity (Wildman–Crippen MR) is 147 cm³/mol. The fourth-order valence-corrected chi connectivity index (χ4v) is 5.57. The minimum atomic E-state index is -1.08. The number of amides is 1. The second-order valence-electron chi connectivity index (χ2n) is 10.9. The van der Waals surface area contributed by atoms with E-state index in [9.17, 15) is 23.6 Å². The number of rotatable bonds is 7. The van der Waals surface area contributed by atoms with Crippen LogP contribution in [0.15, 0.2) is 46.5 Å². The van der Waals surface area contributed by atoms with Crippen LogP contribution in [0.4, 0.5) is 16.2 Å². The summed E-state index contributed by atoms with van der Waals surface area (Å²) in [5, 5.41) is 2.76. The van der Waals surface area contributed by atoms with Crippen molar-refractivity contribution in [3.8, 4) is 11.3 Å². The fraction of sp³-hybridized carbons (Fsp3) is 0.407. The Hall–Kier alpha value is -4.75. The van der Waals surface area contributed by atoms with Gasteiger partial charge >= 0.3 is 5.69 Å². The molecule has 41 heavy (non-hydrogen) atoms. The number of nitrogens with zero attached hydrogens (tertiary/aromatic N) is 8. The molecule has 1 N–H and O–H groups in total. The largest absolute Gasteiger partial charge is 0.340 e. The van der Waals surface area contributed by atoms with Gasteiger partial charge in [-0.25, -0.2) is 29.1 Å². The topological polar surface area (TPSA) is 150 Å². The highest BCUT2D eigenvalue weighted by molar-refractivity contribution is 5.93. The summed E-state index contributed by atoms with van der Waals surface area (Å²) >= 11 is 0. The van der Waals surface area contributed by atoms with E-state index in [4.69, 9.17) is 0 Å².